The van der Waals surface area contributed by atoms with Crippen molar-refractivity contribution in [2.75, 3.05) is 45.8 Å². The highest BCUT2D eigenvalue weighted by Crippen LogP contribution is 2.41. The molecule has 3 fully saturated rings. The van der Waals surface area contributed by atoms with Crippen LogP contribution in [-0.2, 0) is 10.2 Å². The van der Waals surface area contributed by atoms with Crippen LogP contribution in [0.2, 0.25) is 0 Å². The van der Waals surface area contributed by atoms with Crippen LogP contribution in [0, 0.1) is 11.3 Å². The summed E-state index contributed by atoms with van der Waals surface area (Å²) >= 11 is 0. The first-order chi connectivity index (χ1) is 8.97. The fraction of sp³-hybridized carbons (Fsp3) is 1.00. The summed E-state index contributed by atoms with van der Waals surface area (Å²) in [7, 11) is -3.48. The van der Waals surface area contributed by atoms with Gasteiger partial charge in [-0.05, 0) is 43.7 Å². The summed E-state index contributed by atoms with van der Waals surface area (Å²) in [4.78, 5) is 2.53. The van der Waals surface area contributed by atoms with Gasteiger partial charge in [-0.15, -0.1) is 0 Å². The Labute approximate surface area is 115 Å². The zero-order chi connectivity index (χ0) is 13.5. The Bertz CT molecular complexity index is 417. The Morgan fingerprint density at radius 2 is 1.95 bits per heavy atom. The number of likely N-dealkylation sites (tertiary alicyclic amines) is 1. The van der Waals surface area contributed by atoms with E-state index in [1.807, 2.05) is 0 Å². The Hall–Kier alpha value is -0.210. The van der Waals surface area contributed by atoms with Crippen LogP contribution in [-0.4, -0.2) is 63.4 Å². The van der Waals surface area contributed by atoms with Crippen LogP contribution in [0.4, 0.5) is 0 Å². The summed E-state index contributed by atoms with van der Waals surface area (Å²) in [5.41, 5.74) is 0.368. The molecule has 1 atom stereocenters. The van der Waals surface area contributed by atoms with Gasteiger partial charge >= 0.3 is 0 Å². The largest absolute Gasteiger partial charge is 0.316 e. The van der Waals surface area contributed by atoms with Crippen LogP contribution >= 0.6 is 0 Å². The molecular weight excluding hydrogens is 264 g/mol. The number of nitrogens with zero attached hydrogens (tertiary/aromatic N) is 2. The second-order valence-corrected chi connectivity index (χ2v) is 8.02. The SMILES string of the molecule is NS(=O)(=O)N1CCC2(CC1)CN(CC1CCNC1)C2. The maximum Gasteiger partial charge on any atom is 0.276 e. The molecular formula is C12H24N4O2S. The van der Waals surface area contributed by atoms with Gasteiger partial charge in [0.1, 0.15) is 0 Å². The lowest BCUT2D eigenvalue weighted by atomic mass is 9.72. The standard InChI is InChI=1S/C12H24N4O2S/c13-19(17,18)16-5-2-12(3-6-16)9-15(10-12)8-11-1-4-14-7-11/h11,14H,1-10H2,(H2,13,17,18). The highest BCUT2D eigenvalue weighted by Gasteiger charge is 2.46. The summed E-state index contributed by atoms with van der Waals surface area (Å²) in [5.74, 6) is 0.807. The number of nitrogens with one attached hydrogen (secondary N) is 1. The van der Waals surface area contributed by atoms with E-state index in [1.165, 1.54) is 17.3 Å². The van der Waals surface area contributed by atoms with Gasteiger partial charge in [-0.3, -0.25) is 0 Å². The molecule has 0 saturated carbocycles. The van der Waals surface area contributed by atoms with Crippen LogP contribution in [0.15, 0.2) is 0 Å². The summed E-state index contributed by atoms with van der Waals surface area (Å²) in [6.45, 7) is 6.99. The predicted molar refractivity (Wildman–Crippen MR) is 73.8 cm³/mol. The van der Waals surface area contributed by atoms with E-state index in [-0.39, 0.29) is 0 Å². The summed E-state index contributed by atoms with van der Waals surface area (Å²) in [6, 6.07) is 0. The third kappa shape index (κ3) is 2.95. The fourth-order valence-corrected chi connectivity index (χ4v) is 4.49. The molecule has 3 saturated heterocycles. The Kier molecular flexibility index (Phi) is 3.59. The molecule has 7 heteroatoms. The summed E-state index contributed by atoms with van der Waals surface area (Å²) < 4.78 is 24.0. The molecule has 0 aromatic heterocycles. The van der Waals surface area contributed by atoms with E-state index in [0.717, 1.165) is 44.9 Å². The third-order valence-corrected chi connectivity index (χ3v) is 6.02. The van der Waals surface area contributed by atoms with Crippen molar-refractivity contribution < 1.29 is 8.42 Å². The second kappa shape index (κ2) is 4.96. The molecule has 0 amide bonds. The lowest BCUT2D eigenvalue weighted by Crippen LogP contribution is -2.61. The van der Waals surface area contributed by atoms with E-state index in [2.05, 4.69) is 10.2 Å². The zero-order valence-corrected chi connectivity index (χ0v) is 12.2. The van der Waals surface area contributed by atoms with Crippen LogP contribution < -0.4 is 10.5 Å². The maximum absolute atomic E-state index is 11.3. The van der Waals surface area contributed by atoms with Crippen molar-refractivity contribution in [1.82, 2.24) is 14.5 Å². The van der Waals surface area contributed by atoms with Crippen LogP contribution in [0.25, 0.3) is 0 Å². The summed E-state index contributed by atoms with van der Waals surface area (Å²) in [6.07, 6.45) is 3.22. The highest BCUT2D eigenvalue weighted by molar-refractivity contribution is 7.86. The van der Waals surface area contributed by atoms with Crippen molar-refractivity contribution in [2.24, 2.45) is 16.5 Å². The van der Waals surface area contributed by atoms with Gasteiger partial charge in [0.2, 0.25) is 0 Å². The molecule has 3 aliphatic rings. The first-order valence-corrected chi connectivity index (χ1v) is 8.68. The number of hydrogen-bond donors (Lipinski definition) is 2. The Morgan fingerprint density at radius 3 is 2.47 bits per heavy atom. The molecule has 3 heterocycles. The molecule has 0 radical (unpaired) electrons. The van der Waals surface area contributed by atoms with Crippen LogP contribution in [0.5, 0.6) is 0 Å². The molecule has 0 bridgehead atoms. The van der Waals surface area contributed by atoms with Gasteiger partial charge in [-0.25, -0.2) is 5.14 Å². The molecule has 0 aromatic rings. The van der Waals surface area contributed by atoms with E-state index in [9.17, 15) is 8.42 Å². The zero-order valence-electron chi connectivity index (χ0n) is 11.3. The molecule has 0 aliphatic carbocycles. The molecule has 6 nitrogen and oxygen atoms in total. The molecule has 1 unspecified atom stereocenters. The molecule has 19 heavy (non-hydrogen) atoms. The minimum atomic E-state index is -3.48. The van der Waals surface area contributed by atoms with E-state index < -0.39 is 10.2 Å². The monoisotopic (exact) mass is 288 g/mol. The third-order valence-electron chi connectivity index (χ3n) is 4.94. The summed E-state index contributed by atoms with van der Waals surface area (Å²) in [5, 5.41) is 8.58. The highest BCUT2D eigenvalue weighted by atomic mass is 32.2. The van der Waals surface area contributed by atoms with Gasteiger partial charge in [0.15, 0.2) is 0 Å². The van der Waals surface area contributed by atoms with Crippen molar-refractivity contribution in [3.05, 3.63) is 0 Å². The van der Waals surface area contributed by atoms with Crippen molar-refractivity contribution in [1.29, 1.82) is 0 Å². The molecule has 0 aromatic carbocycles. The Morgan fingerprint density at radius 1 is 1.26 bits per heavy atom. The van der Waals surface area contributed by atoms with Gasteiger partial charge in [-0.1, -0.05) is 0 Å². The van der Waals surface area contributed by atoms with Crippen molar-refractivity contribution in [3.63, 3.8) is 0 Å². The lowest BCUT2D eigenvalue weighted by molar-refractivity contribution is -0.0408. The van der Waals surface area contributed by atoms with Gasteiger partial charge in [0.05, 0.1) is 0 Å². The topological polar surface area (TPSA) is 78.7 Å². The quantitative estimate of drug-likeness (QED) is 0.712. The van der Waals surface area contributed by atoms with E-state index in [1.54, 1.807) is 0 Å². The number of piperidine rings is 1. The minimum Gasteiger partial charge on any atom is -0.316 e. The van der Waals surface area contributed by atoms with Crippen molar-refractivity contribution in [2.45, 2.75) is 19.3 Å². The first kappa shape index (κ1) is 13.8. The molecule has 1 spiro atoms. The molecule has 110 valence electrons. The molecule has 3 N–H and O–H groups in total. The molecule has 3 rings (SSSR count). The smallest absolute Gasteiger partial charge is 0.276 e. The van der Waals surface area contributed by atoms with Crippen molar-refractivity contribution >= 4 is 10.2 Å². The van der Waals surface area contributed by atoms with Gasteiger partial charge in [-0.2, -0.15) is 12.7 Å². The van der Waals surface area contributed by atoms with Crippen molar-refractivity contribution in [3.8, 4) is 0 Å². The maximum atomic E-state index is 11.3. The normalized spacial score (nSPS) is 32.6. The van der Waals surface area contributed by atoms with Gasteiger partial charge in [0, 0.05) is 32.7 Å². The molecule has 3 aliphatic heterocycles. The fourth-order valence-electron chi connectivity index (χ4n) is 3.80. The predicted octanol–water partition coefficient (Wildman–Crippen LogP) is -0.803. The second-order valence-electron chi connectivity index (χ2n) is 6.47. The minimum absolute atomic E-state index is 0.368. The van der Waals surface area contributed by atoms with Crippen LogP contribution in [0.1, 0.15) is 19.3 Å². The number of rotatable bonds is 3. The van der Waals surface area contributed by atoms with E-state index >= 15 is 0 Å². The average Bonchev–Trinajstić information content (AvgIpc) is 2.79. The number of nitrogens with two attached hydrogens (primary N) is 1. The van der Waals surface area contributed by atoms with Gasteiger partial charge < -0.3 is 10.2 Å². The average molecular weight is 288 g/mol. The van der Waals surface area contributed by atoms with E-state index in [0.29, 0.717) is 18.5 Å². The Balaban J connectivity index is 1.45. The lowest BCUT2D eigenvalue weighted by Gasteiger charge is -2.54. The van der Waals surface area contributed by atoms with Gasteiger partial charge in [0.25, 0.3) is 10.2 Å². The van der Waals surface area contributed by atoms with E-state index in [4.69, 9.17) is 5.14 Å². The van der Waals surface area contributed by atoms with Crippen LogP contribution in [0.3, 0.4) is 0 Å². The number of hydrogen-bond acceptors (Lipinski definition) is 4. The first-order valence-electron chi connectivity index (χ1n) is 7.18.